The number of amides is 1. The van der Waals surface area contributed by atoms with E-state index < -0.39 is 0 Å². The van der Waals surface area contributed by atoms with Crippen LogP contribution in [-0.4, -0.2) is 47.2 Å². The molecule has 0 aromatic carbocycles. The highest BCUT2D eigenvalue weighted by Gasteiger charge is 2.10. The molecule has 0 saturated carbocycles. The van der Waals surface area contributed by atoms with Gasteiger partial charge in [-0.1, -0.05) is 12.8 Å². The first kappa shape index (κ1) is 12.1. The zero-order chi connectivity index (χ0) is 11.9. The van der Waals surface area contributed by atoms with Crippen molar-refractivity contribution in [2.75, 3.05) is 26.2 Å². The normalized spacial score (nSPS) is 17.6. The van der Waals surface area contributed by atoms with E-state index in [1.807, 2.05) is 0 Å². The summed E-state index contributed by atoms with van der Waals surface area (Å²) in [5, 5.41) is 9.31. The van der Waals surface area contributed by atoms with Crippen molar-refractivity contribution in [3.05, 3.63) is 18.0 Å². The average molecular weight is 236 g/mol. The van der Waals surface area contributed by atoms with E-state index >= 15 is 0 Å². The Morgan fingerprint density at radius 2 is 2.12 bits per heavy atom. The molecule has 2 N–H and O–H groups in total. The summed E-state index contributed by atoms with van der Waals surface area (Å²) in [7, 11) is 0. The van der Waals surface area contributed by atoms with Crippen molar-refractivity contribution in [1.29, 1.82) is 0 Å². The molecule has 1 aliphatic heterocycles. The Kier molecular flexibility index (Phi) is 4.55. The molecule has 17 heavy (non-hydrogen) atoms. The van der Waals surface area contributed by atoms with E-state index in [1.165, 1.54) is 38.8 Å². The molecule has 0 spiro atoms. The smallest absolute Gasteiger partial charge is 0.254 e. The van der Waals surface area contributed by atoms with Gasteiger partial charge in [0.25, 0.3) is 5.91 Å². The number of hydrogen-bond donors (Lipinski definition) is 2. The van der Waals surface area contributed by atoms with Gasteiger partial charge in [0, 0.05) is 19.3 Å². The molecule has 2 heterocycles. The third kappa shape index (κ3) is 3.85. The quantitative estimate of drug-likeness (QED) is 0.820. The first-order valence-electron chi connectivity index (χ1n) is 6.35. The van der Waals surface area contributed by atoms with Crippen molar-refractivity contribution < 1.29 is 4.79 Å². The highest BCUT2D eigenvalue weighted by molar-refractivity contribution is 5.93. The molecule has 0 unspecified atom stereocenters. The van der Waals surface area contributed by atoms with Crippen LogP contribution < -0.4 is 5.32 Å². The third-order valence-corrected chi connectivity index (χ3v) is 3.17. The van der Waals surface area contributed by atoms with E-state index in [-0.39, 0.29) is 5.91 Å². The average Bonchev–Trinajstić information content (AvgIpc) is 2.75. The molecule has 1 fully saturated rings. The predicted molar refractivity (Wildman–Crippen MR) is 65.8 cm³/mol. The van der Waals surface area contributed by atoms with Crippen molar-refractivity contribution in [2.45, 2.75) is 25.7 Å². The second kappa shape index (κ2) is 6.39. The molecule has 2 rings (SSSR count). The van der Waals surface area contributed by atoms with Crippen LogP contribution in [0.5, 0.6) is 0 Å². The Morgan fingerprint density at radius 3 is 2.76 bits per heavy atom. The molecule has 94 valence electrons. The molecular weight excluding hydrogens is 216 g/mol. The van der Waals surface area contributed by atoms with E-state index in [2.05, 4.69) is 20.4 Å². The summed E-state index contributed by atoms with van der Waals surface area (Å²) in [4.78, 5) is 14.1. The van der Waals surface area contributed by atoms with Crippen molar-refractivity contribution in [2.24, 2.45) is 0 Å². The van der Waals surface area contributed by atoms with Crippen LogP contribution in [0.1, 0.15) is 36.0 Å². The van der Waals surface area contributed by atoms with Gasteiger partial charge in [0.05, 0.1) is 11.8 Å². The van der Waals surface area contributed by atoms with Crippen LogP contribution >= 0.6 is 0 Å². The van der Waals surface area contributed by atoms with Crippen LogP contribution in [0.2, 0.25) is 0 Å². The van der Waals surface area contributed by atoms with E-state index in [1.54, 1.807) is 12.4 Å². The summed E-state index contributed by atoms with van der Waals surface area (Å²) >= 11 is 0. The van der Waals surface area contributed by atoms with Crippen molar-refractivity contribution in [3.63, 3.8) is 0 Å². The maximum atomic E-state index is 11.6. The SMILES string of the molecule is O=C(NCCN1CCCCCC1)c1cn[nH]c1. The molecule has 0 radical (unpaired) electrons. The lowest BCUT2D eigenvalue weighted by molar-refractivity contribution is 0.0948. The number of aromatic amines is 1. The Labute approximate surface area is 102 Å². The first-order valence-corrected chi connectivity index (χ1v) is 6.35. The maximum Gasteiger partial charge on any atom is 0.254 e. The number of likely N-dealkylation sites (tertiary alicyclic amines) is 1. The lowest BCUT2D eigenvalue weighted by Crippen LogP contribution is -2.35. The van der Waals surface area contributed by atoms with E-state index in [4.69, 9.17) is 0 Å². The molecule has 1 aromatic rings. The molecule has 1 amide bonds. The van der Waals surface area contributed by atoms with Gasteiger partial charge in [-0.2, -0.15) is 5.10 Å². The van der Waals surface area contributed by atoms with E-state index in [0.29, 0.717) is 12.1 Å². The number of hydrogen-bond acceptors (Lipinski definition) is 3. The second-order valence-electron chi connectivity index (χ2n) is 4.50. The minimum absolute atomic E-state index is 0.0476. The van der Waals surface area contributed by atoms with Gasteiger partial charge in [-0.3, -0.25) is 9.89 Å². The number of carbonyl (C=O) groups is 1. The minimum atomic E-state index is -0.0476. The van der Waals surface area contributed by atoms with Crippen LogP contribution in [0.15, 0.2) is 12.4 Å². The van der Waals surface area contributed by atoms with Gasteiger partial charge < -0.3 is 10.2 Å². The molecule has 0 aliphatic carbocycles. The summed E-state index contributed by atoms with van der Waals surface area (Å²) in [5.41, 5.74) is 0.598. The molecule has 1 aliphatic rings. The Bertz CT molecular complexity index is 328. The number of rotatable bonds is 4. The lowest BCUT2D eigenvalue weighted by atomic mass is 10.2. The zero-order valence-corrected chi connectivity index (χ0v) is 10.1. The number of nitrogens with zero attached hydrogens (tertiary/aromatic N) is 2. The molecule has 0 bridgehead atoms. The van der Waals surface area contributed by atoms with Gasteiger partial charge in [-0.05, 0) is 25.9 Å². The number of carbonyl (C=O) groups excluding carboxylic acids is 1. The van der Waals surface area contributed by atoms with Gasteiger partial charge in [-0.15, -0.1) is 0 Å². The Hall–Kier alpha value is -1.36. The predicted octanol–water partition coefficient (Wildman–Crippen LogP) is 1.02. The molecule has 1 saturated heterocycles. The zero-order valence-electron chi connectivity index (χ0n) is 10.1. The summed E-state index contributed by atoms with van der Waals surface area (Å²) in [5.74, 6) is -0.0476. The molecular formula is C12H20N4O. The monoisotopic (exact) mass is 236 g/mol. The highest BCUT2D eigenvalue weighted by Crippen LogP contribution is 2.08. The summed E-state index contributed by atoms with van der Waals surface area (Å²) in [6.07, 6.45) is 8.42. The number of aromatic nitrogens is 2. The van der Waals surface area contributed by atoms with Crippen LogP contribution in [0.3, 0.4) is 0 Å². The maximum absolute atomic E-state index is 11.6. The Balaban J connectivity index is 1.66. The van der Waals surface area contributed by atoms with Crippen LogP contribution in [0, 0.1) is 0 Å². The molecule has 1 aromatic heterocycles. The van der Waals surface area contributed by atoms with Crippen LogP contribution in [0.25, 0.3) is 0 Å². The van der Waals surface area contributed by atoms with Crippen LogP contribution in [0.4, 0.5) is 0 Å². The van der Waals surface area contributed by atoms with E-state index in [0.717, 1.165) is 6.54 Å². The standard InChI is InChI=1S/C12H20N4O/c17-12(11-9-14-15-10-11)13-5-8-16-6-3-1-2-4-7-16/h9-10H,1-8H2,(H,13,17)(H,14,15). The Morgan fingerprint density at radius 1 is 1.35 bits per heavy atom. The molecule has 0 atom stereocenters. The highest BCUT2D eigenvalue weighted by atomic mass is 16.1. The van der Waals surface area contributed by atoms with Gasteiger partial charge in [0.2, 0.25) is 0 Å². The van der Waals surface area contributed by atoms with Crippen LogP contribution in [-0.2, 0) is 0 Å². The van der Waals surface area contributed by atoms with Gasteiger partial charge in [-0.25, -0.2) is 0 Å². The summed E-state index contributed by atoms with van der Waals surface area (Å²) in [6, 6.07) is 0. The molecule has 5 heteroatoms. The third-order valence-electron chi connectivity index (χ3n) is 3.17. The molecule has 5 nitrogen and oxygen atoms in total. The summed E-state index contributed by atoms with van der Waals surface area (Å²) in [6.45, 7) is 4.00. The fraction of sp³-hybridized carbons (Fsp3) is 0.667. The second-order valence-corrected chi connectivity index (χ2v) is 4.50. The van der Waals surface area contributed by atoms with Gasteiger partial charge >= 0.3 is 0 Å². The number of nitrogens with one attached hydrogen (secondary N) is 2. The largest absolute Gasteiger partial charge is 0.351 e. The minimum Gasteiger partial charge on any atom is -0.351 e. The van der Waals surface area contributed by atoms with E-state index in [9.17, 15) is 4.79 Å². The fourth-order valence-electron chi connectivity index (χ4n) is 2.16. The number of H-pyrrole nitrogens is 1. The van der Waals surface area contributed by atoms with Crippen molar-refractivity contribution >= 4 is 5.91 Å². The van der Waals surface area contributed by atoms with Gasteiger partial charge in [0.15, 0.2) is 0 Å². The van der Waals surface area contributed by atoms with Crippen molar-refractivity contribution in [1.82, 2.24) is 20.4 Å². The lowest BCUT2D eigenvalue weighted by Gasteiger charge is -2.19. The van der Waals surface area contributed by atoms with Crippen molar-refractivity contribution in [3.8, 4) is 0 Å². The first-order chi connectivity index (χ1) is 8.36. The van der Waals surface area contributed by atoms with Gasteiger partial charge in [0.1, 0.15) is 0 Å². The summed E-state index contributed by atoms with van der Waals surface area (Å²) < 4.78 is 0. The topological polar surface area (TPSA) is 61.0 Å². The fourth-order valence-corrected chi connectivity index (χ4v) is 2.16.